The number of ether oxygens (including phenoxy) is 1. The van der Waals surface area contributed by atoms with Crippen molar-refractivity contribution in [1.29, 1.82) is 0 Å². The molecule has 2 atom stereocenters. The Hall–Kier alpha value is -1.31. The van der Waals surface area contributed by atoms with Crippen molar-refractivity contribution >= 4 is 5.97 Å². The van der Waals surface area contributed by atoms with Gasteiger partial charge in [0, 0.05) is 5.92 Å². The monoisotopic (exact) mass is 218 g/mol. The molecule has 2 rings (SSSR count). The molecule has 86 valence electrons. The second kappa shape index (κ2) is 4.69. The van der Waals surface area contributed by atoms with E-state index in [-0.39, 0.29) is 11.9 Å². The van der Waals surface area contributed by atoms with E-state index in [0.717, 1.165) is 6.42 Å². The van der Waals surface area contributed by atoms with E-state index >= 15 is 0 Å². The number of benzene rings is 1. The Bertz CT molecular complexity index is 356. The van der Waals surface area contributed by atoms with E-state index in [1.807, 2.05) is 18.2 Å². The standard InChI is InChI=1S/C14H18O2/c1-10(2)13-8-12(9-16-14(13)15)11-6-4-3-5-7-11/h3-7,10,12-13H,8-9H2,1-2H3/t12-,13-/m0/s1. The maximum Gasteiger partial charge on any atom is 0.309 e. The lowest BCUT2D eigenvalue weighted by Crippen LogP contribution is -2.32. The van der Waals surface area contributed by atoms with E-state index in [0.29, 0.717) is 18.4 Å². The molecule has 1 aromatic carbocycles. The molecule has 0 amide bonds. The first-order valence-electron chi connectivity index (χ1n) is 5.90. The van der Waals surface area contributed by atoms with Crippen molar-refractivity contribution in [3.63, 3.8) is 0 Å². The quantitative estimate of drug-likeness (QED) is 0.713. The van der Waals surface area contributed by atoms with Gasteiger partial charge in [-0.2, -0.15) is 0 Å². The summed E-state index contributed by atoms with van der Waals surface area (Å²) in [6.07, 6.45) is 0.917. The summed E-state index contributed by atoms with van der Waals surface area (Å²) in [5, 5.41) is 0. The molecule has 2 heteroatoms. The molecule has 0 N–H and O–H groups in total. The van der Waals surface area contributed by atoms with Crippen LogP contribution in [0.25, 0.3) is 0 Å². The first-order valence-corrected chi connectivity index (χ1v) is 5.90. The number of carbonyl (C=O) groups excluding carboxylic acids is 1. The predicted molar refractivity (Wildman–Crippen MR) is 63.1 cm³/mol. The Morgan fingerprint density at radius 2 is 1.94 bits per heavy atom. The molecule has 0 unspecified atom stereocenters. The Balaban J connectivity index is 2.12. The molecule has 0 aromatic heterocycles. The van der Waals surface area contributed by atoms with Gasteiger partial charge >= 0.3 is 5.97 Å². The molecule has 0 aliphatic carbocycles. The van der Waals surface area contributed by atoms with Crippen LogP contribution in [0.5, 0.6) is 0 Å². The van der Waals surface area contributed by atoms with Gasteiger partial charge in [0.1, 0.15) is 0 Å². The number of carbonyl (C=O) groups is 1. The lowest BCUT2D eigenvalue weighted by Gasteiger charge is -2.30. The number of hydrogen-bond acceptors (Lipinski definition) is 2. The van der Waals surface area contributed by atoms with Crippen LogP contribution >= 0.6 is 0 Å². The van der Waals surface area contributed by atoms with Crippen LogP contribution in [0, 0.1) is 11.8 Å². The van der Waals surface area contributed by atoms with Gasteiger partial charge in [0.15, 0.2) is 0 Å². The van der Waals surface area contributed by atoms with Gasteiger partial charge in [-0.25, -0.2) is 0 Å². The van der Waals surface area contributed by atoms with Crippen LogP contribution in [0.3, 0.4) is 0 Å². The van der Waals surface area contributed by atoms with Crippen molar-refractivity contribution in [3.8, 4) is 0 Å². The third-order valence-corrected chi connectivity index (χ3v) is 3.34. The van der Waals surface area contributed by atoms with Crippen molar-refractivity contribution in [2.75, 3.05) is 6.61 Å². The minimum Gasteiger partial charge on any atom is -0.465 e. The molecule has 0 spiro atoms. The summed E-state index contributed by atoms with van der Waals surface area (Å²) in [5.41, 5.74) is 1.28. The molecule has 2 nitrogen and oxygen atoms in total. The first-order chi connectivity index (χ1) is 7.68. The highest BCUT2D eigenvalue weighted by Gasteiger charge is 2.32. The fourth-order valence-corrected chi connectivity index (χ4v) is 2.26. The SMILES string of the molecule is CC(C)[C@@H]1C[C@H](c2ccccc2)COC1=O. The third kappa shape index (κ3) is 2.26. The van der Waals surface area contributed by atoms with E-state index in [2.05, 4.69) is 26.0 Å². The second-order valence-corrected chi connectivity index (χ2v) is 4.82. The average molecular weight is 218 g/mol. The first kappa shape index (κ1) is 11.2. The molecular formula is C14H18O2. The molecule has 1 aliphatic heterocycles. The fourth-order valence-electron chi connectivity index (χ4n) is 2.26. The van der Waals surface area contributed by atoms with Gasteiger partial charge in [-0.15, -0.1) is 0 Å². The van der Waals surface area contributed by atoms with Gasteiger partial charge in [0.05, 0.1) is 12.5 Å². The normalized spacial score (nSPS) is 25.6. The highest BCUT2D eigenvalue weighted by Crippen LogP contribution is 2.32. The van der Waals surface area contributed by atoms with E-state index in [1.54, 1.807) is 0 Å². The molecular weight excluding hydrogens is 200 g/mol. The number of rotatable bonds is 2. The van der Waals surface area contributed by atoms with Crippen LogP contribution < -0.4 is 0 Å². The van der Waals surface area contributed by atoms with Gasteiger partial charge in [-0.05, 0) is 17.9 Å². The maximum atomic E-state index is 11.6. The van der Waals surface area contributed by atoms with Gasteiger partial charge in [-0.3, -0.25) is 4.79 Å². The average Bonchev–Trinajstić information content (AvgIpc) is 2.30. The summed E-state index contributed by atoms with van der Waals surface area (Å²) >= 11 is 0. The lowest BCUT2D eigenvalue weighted by molar-refractivity contribution is -0.156. The molecule has 1 heterocycles. The van der Waals surface area contributed by atoms with Crippen molar-refractivity contribution in [2.24, 2.45) is 11.8 Å². The van der Waals surface area contributed by atoms with Crippen LogP contribution in [0.15, 0.2) is 30.3 Å². The molecule has 1 fully saturated rings. The summed E-state index contributed by atoms with van der Waals surface area (Å²) in [6.45, 7) is 4.70. The highest BCUT2D eigenvalue weighted by molar-refractivity contribution is 5.73. The zero-order valence-electron chi connectivity index (χ0n) is 9.85. The van der Waals surface area contributed by atoms with Gasteiger partial charge in [-0.1, -0.05) is 44.2 Å². The molecule has 0 bridgehead atoms. The Morgan fingerprint density at radius 1 is 1.25 bits per heavy atom. The van der Waals surface area contributed by atoms with Gasteiger partial charge in [0.25, 0.3) is 0 Å². The Labute approximate surface area is 96.6 Å². The third-order valence-electron chi connectivity index (χ3n) is 3.34. The van der Waals surface area contributed by atoms with Crippen LogP contribution in [-0.4, -0.2) is 12.6 Å². The van der Waals surface area contributed by atoms with E-state index in [9.17, 15) is 4.79 Å². The van der Waals surface area contributed by atoms with Crippen molar-refractivity contribution in [3.05, 3.63) is 35.9 Å². The van der Waals surface area contributed by atoms with E-state index < -0.39 is 0 Å². The van der Waals surface area contributed by atoms with Crippen molar-refractivity contribution in [2.45, 2.75) is 26.2 Å². The van der Waals surface area contributed by atoms with Crippen LogP contribution in [0.2, 0.25) is 0 Å². The van der Waals surface area contributed by atoms with Gasteiger partial charge in [0.2, 0.25) is 0 Å². The predicted octanol–water partition coefficient (Wildman–Crippen LogP) is 2.99. The number of cyclic esters (lactones) is 1. The topological polar surface area (TPSA) is 26.3 Å². The molecule has 0 saturated carbocycles. The summed E-state index contributed by atoms with van der Waals surface area (Å²) in [4.78, 5) is 11.6. The summed E-state index contributed by atoms with van der Waals surface area (Å²) in [7, 11) is 0. The zero-order valence-corrected chi connectivity index (χ0v) is 9.85. The highest BCUT2D eigenvalue weighted by atomic mass is 16.5. The van der Waals surface area contributed by atoms with E-state index in [1.165, 1.54) is 5.56 Å². The van der Waals surface area contributed by atoms with Crippen molar-refractivity contribution in [1.82, 2.24) is 0 Å². The van der Waals surface area contributed by atoms with Crippen LogP contribution in [-0.2, 0) is 9.53 Å². The summed E-state index contributed by atoms with van der Waals surface area (Å²) in [5.74, 6) is 0.756. The Kier molecular flexibility index (Phi) is 3.28. The molecule has 1 saturated heterocycles. The summed E-state index contributed by atoms with van der Waals surface area (Å²) < 4.78 is 5.28. The minimum absolute atomic E-state index is 0.0258. The molecule has 1 aliphatic rings. The van der Waals surface area contributed by atoms with E-state index in [4.69, 9.17) is 4.74 Å². The number of hydrogen-bond donors (Lipinski definition) is 0. The molecule has 16 heavy (non-hydrogen) atoms. The zero-order chi connectivity index (χ0) is 11.5. The lowest BCUT2D eigenvalue weighted by atomic mass is 9.82. The number of esters is 1. The fraction of sp³-hybridized carbons (Fsp3) is 0.500. The van der Waals surface area contributed by atoms with Crippen LogP contribution in [0.4, 0.5) is 0 Å². The molecule has 0 radical (unpaired) electrons. The maximum absolute atomic E-state index is 11.6. The smallest absolute Gasteiger partial charge is 0.309 e. The second-order valence-electron chi connectivity index (χ2n) is 4.82. The largest absolute Gasteiger partial charge is 0.465 e. The minimum atomic E-state index is -0.0258. The van der Waals surface area contributed by atoms with Crippen molar-refractivity contribution < 1.29 is 9.53 Å². The molecule has 1 aromatic rings. The van der Waals surface area contributed by atoms with Crippen LogP contribution in [0.1, 0.15) is 31.7 Å². The van der Waals surface area contributed by atoms with Gasteiger partial charge < -0.3 is 4.74 Å². The summed E-state index contributed by atoms with van der Waals surface area (Å²) in [6, 6.07) is 10.3. The Morgan fingerprint density at radius 3 is 2.56 bits per heavy atom.